The Labute approximate surface area is 111 Å². The average molecular weight is 243 g/mol. The summed E-state index contributed by atoms with van der Waals surface area (Å²) in [5, 5.41) is 2.33. The van der Waals surface area contributed by atoms with Gasteiger partial charge in [0.15, 0.2) is 0 Å². The van der Waals surface area contributed by atoms with Crippen LogP contribution in [0.2, 0.25) is 0 Å². The molecule has 1 heterocycles. The zero-order valence-corrected chi connectivity index (χ0v) is 10.3. The fourth-order valence-electron chi connectivity index (χ4n) is 2.47. The Balaban J connectivity index is 1.99. The van der Waals surface area contributed by atoms with Gasteiger partial charge in [0.25, 0.3) is 0 Å². The second-order valence-corrected chi connectivity index (χ2v) is 4.59. The lowest BCUT2D eigenvalue weighted by molar-refractivity contribution is 0.669. The van der Waals surface area contributed by atoms with E-state index >= 15 is 0 Å². The Bertz CT molecular complexity index is 857. The van der Waals surface area contributed by atoms with Crippen molar-refractivity contribution in [3.8, 4) is 11.1 Å². The van der Waals surface area contributed by atoms with E-state index in [0.717, 1.165) is 27.7 Å². The van der Waals surface area contributed by atoms with Gasteiger partial charge in [-0.15, -0.1) is 0 Å². The highest BCUT2D eigenvalue weighted by Crippen LogP contribution is 2.31. The molecule has 0 aliphatic rings. The highest BCUT2D eigenvalue weighted by molar-refractivity contribution is 6.05. The summed E-state index contributed by atoms with van der Waals surface area (Å²) in [6.45, 7) is 0. The molecule has 4 aromatic rings. The van der Waals surface area contributed by atoms with Crippen LogP contribution in [0, 0.1) is 6.07 Å². The molecule has 19 heavy (non-hydrogen) atoms. The molecule has 1 radical (unpaired) electrons. The standard InChI is InChI=1S/C18H11O/c1-2-6-13(7-3-1)14-10-11-16-15-8-4-5-9-17(15)19-18(16)12-14/h1-6,8-12H. The zero-order valence-electron chi connectivity index (χ0n) is 10.3. The first kappa shape index (κ1) is 10.4. The molecule has 0 bridgehead atoms. The second kappa shape index (κ2) is 3.99. The van der Waals surface area contributed by atoms with Gasteiger partial charge in [-0.1, -0.05) is 48.5 Å². The minimum atomic E-state index is 0.927. The minimum absolute atomic E-state index is 0.927. The van der Waals surface area contributed by atoms with E-state index < -0.39 is 0 Å². The SMILES string of the molecule is [c]1ccccc1-c1ccc2c(c1)oc1ccccc12. The summed E-state index contributed by atoms with van der Waals surface area (Å²) < 4.78 is 5.90. The molecule has 1 heteroatoms. The maximum atomic E-state index is 5.90. The van der Waals surface area contributed by atoms with Crippen molar-refractivity contribution in [1.29, 1.82) is 0 Å². The molecule has 0 fully saturated rings. The van der Waals surface area contributed by atoms with Crippen LogP contribution in [-0.4, -0.2) is 0 Å². The Morgan fingerprint density at radius 1 is 0.737 bits per heavy atom. The van der Waals surface area contributed by atoms with Crippen LogP contribution in [0.25, 0.3) is 33.1 Å². The summed E-state index contributed by atoms with van der Waals surface area (Å²) in [7, 11) is 0. The smallest absolute Gasteiger partial charge is 0.136 e. The molecule has 3 aromatic carbocycles. The van der Waals surface area contributed by atoms with Gasteiger partial charge in [-0.2, -0.15) is 0 Å². The summed E-state index contributed by atoms with van der Waals surface area (Å²) in [6.07, 6.45) is 0. The van der Waals surface area contributed by atoms with Crippen LogP contribution in [-0.2, 0) is 0 Å². The predicted molar refractivity (Wildman–Crippen MR) is 78.0 cm³/mol. The zero-order chi connectivity index (χ0) is 12.7. The van der Waals surface area contributed by atoms with E-state index in [4.69, 9.17) is 4.42 Å². The number of rotatable bonds is 1. The minimum Gasteiger partial charge on any atom is -0.456 e. The third-order valence-corrected chi connectivity index (χ3v) is 3.40. The van der Waals surface area contributed by atoms with Crippen molar-refractivity contribution in [3.63, 3.8) is 0 Å². The number of hydrogen-bond donors (Lipinski definition) is 0. The van der Waals surface area contributed by atoms with Gasteiger partial charge < -0.3 is 4.42 Å². The lowest BCUT2D eigenvalue weighted by Crippen LogP contribution is -1.76. The molecule has 89 valence electrons. The molecule has 0 atom stereocenters. The molecule has 0 saturated heterocycles. The van der Waals surface area contributed by atoms with E-state index in [1.54, 1.807) is 0 Å². The normalized spacial score (nSPS) is 11.2. The van der Waals surface area contributed by atoms with Gasteiger partial charge in [0.1, 0.15) is 11.2 Å². The molecule has 0 aliphatic carbocycles. The molecule has 4 rings (SSSR count). The summed E-state index contributed by atoms with van der Waals surface area (Å²) in [4.78, 5) is 0. The third-order valence-electron chi connectivity index (χ3n) is 3.40. The highest BCUT2D eigenvalue weighted by Gasteiger charge is 2.07. The first-order valence-electron chi connectivity index (χ1n) is 6.30. The molecule has 0 amide bonds. The van der Waals surface area contributed by atoms with Crippen molar-refractivity contribution >= 4 is 21.9 Å². The Morgan fingerprint density at radius 2 is 1.58 bits per heavy atom. The first-order chi connectivity index (χ1) is 9.42. The van der Waals surface area contributed by atoms with Gasteiger partial charge in [0, 0.05) is 10.8 Å². The molecule has 0 N–H and O–H groups in total. The van der Waals surface area contributed by atoms with Gasteiger partial charge in [0.2, 0.25) is 0 Å². The third kappa shape index (κ3) is 1.63. The summed E-state index contributed by atoms with van der Waals surface area (Å²) in [5.41, 5.74) is 4.08. The Morgan fingerprint density at radius 3 is 2.47 bits per heavy atom. The van der Waals surface area contributed by atoms with Crippen LogP contribution < -0.4 is 0 Å². The van der Waals surface area contributed by atoms with Crippen molar-refractivity contribution < 1.29 is 4.42 Å². The van der Waals surface area contributed by atoms with E-state index in [0.29, 0.717) is 0 Å². The van der Waals surface area contributed by atoms with E-state index in [1.165, 1.54) is 5.39 Å². The van der Waals surface area contributed by atoms with Crippen molar-refractivity contribution in [1.82, 2.24) is 0 Å². The number of hydrogen-bond acceptors (Lipinski definition) is 1. The van der Waals surface area contributed by atoms with Crippen molar-refractivity contribution in [2.75, 3.05) is 0 Å². The molecular weight excluding hydrogens is 232 g/mol. The van der Waals surface area contributed by atoms with Crippen LogP contribution in [0.4, 0.5) is 0 Å². The maximum absolute atomic E-state index is 5.90. The van der Waals surface area contributed by atoms with E-state index in [9.17, 15) is 0 Å². The number of para-hydroxylation sites is 1. The molecule has 0 aliphatic heterocycles. The topological polar surface area (TPSA) is 13.1 Å². The molecule has 0 spiro atoms. The summed E-state index contributed by atoms with van der Waals surface area (Å²) in [5.74, 6) is 0. The largest absolute Gasteiger partial charge is 0.456 e. The summed E-state index contributed by atoms with van der Waals surface area (Å²) in [6, 6.07) is 25.7. The van der Waals surface area contributed by atoms with Gasteiger partial charge in [-0.05, 0) is 35.4 Å². The fourth-order valence-corrected chi connectivity index (χ4v) is 2.47. The highest BCUT2D eigenvalue weighted by atomic mass is 16.3. The molecule has 0 unspecified atom stereocenters. The lowest BCUT2D eigenvalue weighted by atomic mass is 10.0. The number of benzene rings is 3. The second-order valence-electron chi connectivity index (χ2n) is 4.59. The molecular formula is C18H11O. The van der Waals surface area contributed by atoms with Crippen molar-refractivity contribution in [3.05, 3.63) is 72.8 Å². The van der Waals surface area contributed by atoms with Crippen molar-refractivity contribution in [2.24, 2.45) is 0 Å². The van der Waals surface area contributed by atoms with Gasteiger partial charge in [-0.25, -0.2) is 0 Å². The van der Waals surface area contributed by atoms with Crippen molar-refractivity contribution in [2.45, 2.75) is 0 Å². The van der Waals surface area contributed by atoms with Crippen LogP contribution in [0.3, 0.4) is 0 Å². The van der Waals surface area contributed by atoms with Crippen LogP contribution in [0.1, 0.15) is 0 Å². The Hall–Kier alpha value is -2.54. The van der Waals surface area contributed by atoms with Gasteiger partial charge in [0.05, 0.1) is 0 Å². The van der Waals surface area contributed by atoms with Crippen LogP contribution in [0.15, 0.2) is 71.1 Å². The van der Waals surface area contributed by atoms with E-state index in [-0.39, 0.29) is 0 Å². The Kier molecular flexibility index (Phi) is 2.18. The van der Waals surface area contributed by atoms with Gasteiger partial charge >= 0.3 is 0 Å². The lowest BCUT2D eigenvalue weighted by Gasteiger charge is -2.00. The monoisotopic (exact) mass is 243 g/mol. The predicted octanol–water partition coefficient (Wildman–Crippen LogP) is 5.05. The van der Waals surface area contributed by atoms with E-state index in [1.807, 2.05) is 36.4 Å². The summed E-state index contributed by atoms with van der Waals surface area (Å²) >= 11 is 0. The average Bonchev–Trinajstić information content (AvgIpc) is 2.86. The van der Waals surface area contributed by atoms with Crippen LogP contribution in [0.5, 0.6) is 0 Å². The number of furan rings is 1. The molecule has 1 nitrogen and oxygen atoms in total. The first-order valence-corrected chi connectivity index (χ1v) is 6.30. The number of fused-ring (bicyclic) bond motifs is 3. The van der Waals surface area contributed by atoms with E-state index in [2.05, 4.69) is 36.4 Å². The molecule has 0 saturated carbocycles. The maximum Gasteiger partial charge on any atom is 0.136 e. The quantitative estimate of drug-likeness (QED) is 0.455. The molecule has 1 aromatic heterocycles. The van der Waals surface area contributed by atoms with Crippen LogP contribution >= 0.6 is 0 Å². The fraction of sp³-hybridized carbons (Fsp3) is 0. The van der Waals surface area contributed by atoms with Gasteiger partial charge in [-0.3, -0.25) is 0 Å².